The van der Waals surface area contributed by atoms with Crippen LogP contribution in [-0.2, 0) is 4.74 Å². The molecule has 0 aromatic heterocycles. The third-order valence-corrected chi connectivity index (χ3v) is 4.66. The normalized spacial score (nSPS) is 44.8. The van der Waals surface area contributed by atoms with Crippen LogP contribution in [0, 0.1) is 5.92 Å². The van der Waals surface area contributed by atoms with E-state index in [0.29, 0.717) is 12.1 Å². The minimum atomic E-state index is 0.245. The zero-order chi connectivity index (χ0) is 12.5. The first-order valence-electron chi connectivity index (χ1n) is 7.16. The average molecular weight is 240 g/mol. The molecule has 2 fully saturated rings. The Bertz CT molecular complexity index is 259. The van der Waals surface area contributed by atoms with Crippen LogP contribution in [0.3, 0.4) is 0 Å². The molecular formula is C14H28N2O. The second kappa shape index (κ2) is 5.25. The Labute approximate surface area is 106 Å². The molecule has 2 rings (SSSR count). The lowest BCUT2D eigenvalue weighted by atomic mass is 9.74. The van der Waals surface area contributed by atoms with Gasteiger partial charge in [0.15, 0.2) is 0 Å². The molecule has 4 atom stereocenters. The molecule has 3 nitrogen and oxygen atoms in total. The van der Waals surface area contributed by atoms with Gasteiger partial charge in [0.2, 0.25) is 0 Å². The topological polar surface area (TPSA) is 38.5 Å². The summed E-state index contributed by atoms with van der Waals surface area (Å²) in [6.45, 7) is 9.53. The van der Waals surface area contributed by atoms with Crippen molar-refractivity contribution in [2.24, 2.45) is 11.7 Å². The average Bonchev–Trinajstić information content (AvgIpc) is 2.32. The second-order valence-corrected chi connectivity index (χ2v) is 6.28. The van der Waals surface area contributed by atoms with Gasteiger partial charge in [0.25, 0.3) is 0 Å². The molecule has 0 amide bonds. The number of rotatable bonds is 2. The number of morpholine rings is 1. The van der Waals surface area contributed by atoms with Gasteiger partial charge in [-0.3, -0.25) is 4.90 Å². The maximum atomic E-state index is 6.16. The van der Waals surface area contributed by atoms with E-state index in [2.05, 4.69) is 25.7 Å². The molecule has 1 saturated carbocycles. The van der Waals surface area contributed by atoms with Crippen molar-refractivity contribution in [3.8, 4) is 0 Å². The van der Waals surface area contributed by atoms with Gasteiger partial charge in [-0.25, -0.2) is 0 Å². The molecule has 1 saturated heterocycles. The van der Waals surface area contributed by atoms with Crippen LogP contribution < -0.4 is 5.73 Å². The quantitative estimate of drug-likeness (QED) is 0.802. The fourth-order valence-electron chi connectivity index (χ4n) is 3.76. The number of hydrogen-bond acceptors (Lipinski definition) is 3. The molecule has 4 unspecified atom stereocenters. The molecule has 3 heteroatoms. The lowest BCUT2D eigenvalue weighted by molar-refractivity contribution is -0.105. The summed E-state index contributed by atoms with van der Waals surface area (Å²) in [5, 5.41) is 0. The van der Waals surface area contributed by atoms with Crippen molar-refractivity contribution in [2.45, 2.75) is 64.1 Å². The van der Waals surface area contributed by atoms with Gasteiger partial charge in [-0.2, -0.15) is 0 Å². The van der Waals surface area contributed by atoms with E-state index in [4.69, 9.17) is 10.5 Å². The first-order valence-corrected chi connectivity index (χ1v) is 7.16. The minimum Gasteiger partial charge on any atom is -0.376 e. The maximum Gasteiger partial charge on any atom is 0.0675 e. The molecule has 100 valence electrons. The van der Waals surface area contributed by atoms with Crippen LogP contribution in [0.2, 0.25) is 0 Å². The summed E-state index contributed by atoms with van der Waals surface area (Å²) in [6, 6.07) is 0.514. The van der Waals surface area contributed by atoms with Crippen molar-refractivity contribution < 1.29 is 4.74 Å². The summed E-state index contributed by atoms with van der Waals surface area (Å²) in [4.78, 5) is 2.65. The SMILES string of the molecule is CC1CCCC(CN)(N2CC(C)OCC2C)C1. The molecule has 1 aliphatic carbocycles. The molecule has 0 aromatic carbocycles. The molecule has 2 aliphatic rings. The summed E-state index contributed by atoms with van der Waals surface area (Å²) in [5.41, 5.74) is 6.40. The standard InChI is InChI=1S/C14H28N2O/c1-11-5-4-6-14(7-11,10-15)16-8-13(3)17-9-12(16)2/h11-13H,4-10,15H2,1-3H3. The van der Waals surface area contributed by atoms with Crippen molar-refractivity contribution in [1.29, 1.82) is 0 Å². The highest BCUT2D eigenvalue weighted by atomic mass is 16.5. The molecule has 0 bridgehead atoms. The zero-order valence-electron chi connectivity index (χ0n) is 11.6. The predicted molar refractivity (Wildman–Crippen MR) is 71.0 cm³/mol. The Kier molecular flexibility index (Phi) is 4.11. The molecule has 0 aromatic rings. The largest absolute Gasteiger partial charge is 0.376 e. The Morgan fingerprint density at radius 1 is 1.35 bits per heavy atom. The Balaban J connectivity index is 2.14. The lowest BCUT2D eigenvalue weighted by Crippen LogP contribution is -2.63. The highest BCUT2D eigenvalue weighted by Gasteiger charge is 2.43. The van der Waals surface area contributed by atoms with Crippen LogP contribution in [0.15, 0.2) is 0 Å². The summed E-state index contributed by atoms with van der Waals surface area (Å²) in [7, 11) is 0. The summed E-state index contributed by atoms with van der Waals surface area (Å²) in [5.74, 6) is 0.817. The van der Waals surface area contributed by atoms with Crippen molar-refractivity contribution in [3.05, 3.63) is 0 Å². The van der Waals surface area contributed by atoms with Crippen LogP contribution >= 0.6 is 0 Å². The smallest absolute Gasteiger partial charge is 0.0675 e. The van der Waals surface area contributed by atoms with Gasteiger partial charge in [0.05, 0.1) is 12.7 Å². The van der Waals surface area contributed by atoms with Gasteiger partial charge < -0.3 is 10.5 Å². The van der Waals surface area contributed by atoms with Crippen molar-refractivity contribution in [2.75, 3.05) is 19.7 Å². The molecule has 17 heavy (non-hydrogen) atoms. The Morgan fingerprint density at radius 2 is 2.12 bits per heavy atom. The van der Waals surface area contributed by atoms with Crippen molar-refractivity contribution >= 4 is 0 Å². The van der Waals surface area contributed by atoms with Gasteiger partial charge in [0.1, 0.15) is 0 Å². The monoisotopic (exact) mass is 240 g/mol. The predicted octanol–water partition coefficient (Wildman–Crippen LogP) is 2.00. The number of hydrogen-bond donors (Lipinski definition) is 1. The van der Waals surface area contributed by atoms with Crippen LogP contribution in [-0.4, -0.2) is 42.3 Å². The summed E-state index contributed by atoms with van der Waals surface area (Å²) < 4.78 is 5.74. The molecular weight excluding hydrogens is 212 g/mol. The minimum absolute atomic E-state index is 0.245. The van der Waals surface area contributed by atoms with E-state index in [1.54, 1.807) is 0 Å². The highest BCUT2D eigenvalue weighted by molar-refractivity contribution is 4.99. The molecule has 2 N–H and O–H groups in total. The molecule has 0 spiro atoms. The van der Waals surface area contributed by atoms with E-state index in [9.17, 15) is 0 Å². The maximum absolute atomic E-state index is 6.16. The van der Waals surface area contributed by atoms with Crippen LogP contribution in [0.1, 0.15) is 46.5 Å². The van der Waals surface area contributed by atoms with Crippen LogP contribution in [0.4, 0.5) is 0 Å². The van der Waals surface area contributed by atoms with Crippen LogP contribution in [0.5, 0.6) is 0 Å². The first-order chi connectivity index (χ1) is 8.07. The Hall–Kier alpha value is -0.120. The van der Waals surface area contributed by atoms with Crippen molar-refractivity contribution in [1.82, 2.24) is 4.90 Å². The van der Waals surface area contributed by atoms with Gasteiger partial charge in [0, 0.05) is 24.7 Å². The first kappa shape index (κ1) is 13.3. The number of ether oxygens (including phenoxy) is 1. The highest BCUT2D eigenvalue weighted by Crippen LogP contribution is 2.38. The van der Waals surface area contributed by atoms with Gasteiger partial charge >= 0.3 is 0 Å². The van der Waals surface area contributed by atoms with E-state index >= 15 is 0 Å². The van der Waals surface area contributed by atoms with E-state index in [0.717, 1.165) is 25.6 Å². The molecule has 1 aliphatic heterocycles. The third kappa shape index (κ3) is 2.67. The number of nitrogens with two attached hydrogens (primary N) is 1. The number of nitrogens with zero attached hydrogens (tertiary/aromatic N) is 1. The molecule has 0 radical (unpaired) electrons. The van der Waals surface area contributed by atoms with Crippen LogP contribution in [0.25, 0.3) is 0 Å². The summed E-state index contributed by atoms with van der Waals surface area (Å²) >= 11 is 0. The van der Waals surface area contributed by atoms with E-state index in [1.807, 2.05) is 0 Å². The van der Waals surface area contributed by atoms with E-state index in [1.165, 1.54) is 25.7 Å². The van der Waals surface area contributed by atoms with E-state index in [-0.39, 0.29) is 5.54 Å². The molecule has 1 heterocycles. The lowest BCUT2D eigenvalue weighted by Gasteiger charge is -2.53. The van der Waals surface area contributed by atoms with Crippen molar-refractivity contribution in [3.63, 3.8) is 0 Å². The van der Waals surface area contributed by atoms with Gasteiger partial charge in [-0.1, -0.05) is 19.8 Å². The van der Waals surface area contributed by atoms with Gasteiger partial charge in [-0.05, 0) is 32.6 Å². The fourth-order valence-corrected chi connectivity index (χ4v) is 3.76. The fraction of sp³-hybridized carbons (Fsp3) is 1.00. The van der Waals surface area contributed by atoms with E-state index < -0.39 is 0 Å². The second-order valence-electron chi connectivity index (χ2n) is 6.28. The Morgan fingerprint density at radius 3 is 2.76 bits per heavy atom. The third-order valence-electron chi connectivity index (χ3n) is 4.66. The van der Waals surface area contributed by atoms with Gasteiger partial charge in [-0.15, -0.1) is 0 Å². The summed E-state index contributed by atoms with van der Waals surface area (Å²) in [6.07, 6.45) is 5.59. The zero-order valence-corrected chi connectivity index (χ0v) is 11.6.